The van der Waals surface area contributed by atoms with Gasteiger partial charge in [0.1, 0.15) is 5.82 Å². The second-order valence-corrected chi connectivity index (χ2v) is 3.58. The minimum absolute atomic E-state index is 0.181. The summed E-state index contributed by atoms with van der Waals surface area (Å²) in [5, 5.41) is 8.05. The van der Waals surface area contributed by atoms with Crippen LogP contribution in [-0.2, 0) is 0 Å². The fourth-order valence-electron chi connectivity index (χ4n) is 0.951. The highest BCUT2D eigenvalue weighted by Gasteiger charge is 2.41. The van der Waals surface area contributed by atoms with Gasteiger partial charge in [0.25, 0.3) is 0 Å². The van der Waals surface area contributed by atoms with E-state index in [9.17, 15) is 17.6 Å². The molecule has 0 saturated carbocycles. The third-order valence-electron chi connectivity index (χ3n) is 1.63. The summed E-state index contributed by atoms with van der Waals surface area (Å²) in [7, 11) is 0. The van der Waals surface area contributed by atoms with Crippen molar-refractivity contribution in [3.8, 4) is 0 Å². The monoisotopic (exact) mass is 262 g/mol. The first-order valence-corrected chi connectivity index (χ1v) is 4.38. The summed E-state index contributed by atoms with van der Waals surface area (Å²) in [6, 6.07) is 1.63. The maximum absolute atomic E-state index is 13.1. The zero-order chi connectivity index (χ0) is 11.8. The molecule has 0 saturated heterocycles. The van der Waals surface area contributed by atoms with Gasteiger partial charge in [-0.05, 0) is 12.1 Å². The van der Waals surface area contributed by atoms with Gasteiger partial charge in [-0.3, -0.25) is 0 Å². The van der Waals surface area contributed by atoms with Crippen molar-refractivity contribution >= 4 is 23.2 Å². The Morgan fingerprint density at radius 3 is 2.20 bits per heavy atom. The van der Waals surface area contributed by atoms with Crippen molar-refractivity contribution < 1.29 is 22.7 Å². The number of aliphatic hydroxyl groups excluding tert-OH is 1. The number of hydrogen-bond donors (Lipinski definition) is 1. The topological polar surface area (TPSA) is 20.2 Å². The molecule has 0 aliphatic carbocycles. The quantitative estimate of drug-likeness (QED) is 0.604. The van der Waals surface area contributed by atoms with Crippen LogP contribution in [0.5, 0.6) is 0 Å². The molecule has 0 amide bonds. The Morgan fingerprint density at radius 1 is 1.20 bits per heavy atom. The molecule has 0 heterocycles. The molecule has 0 bridgehead atoms. The molecule has 1 unspecified atom stereocenters. The number of halogens is 6. The smallest absolute Gasteiger partial charge is 0.379 e. The van der Waals surface area contributed by atoms with Gasteiger partial charge in [-0.2, -0.15) is 13.2 Å². The Balaban J connectivity index is 3.25. The lowest BCUT2D eigenvalue weighted by atomic mass is 10.1. The summed E-state index contributed by atoms with van der Waals surface area (Å²) < 4.78 is 49.3. The summed E-state index contributed by atoms with van der Waals surface area (Å²) in [6.07, 6.45) is -7.90. The van der Waals surface area contributed by atoms with Crippen LogP contribution < -0.4 is 0 Å². The van der Waals surface area contributed by atoms with E-state index in [0.29, 0.717) is 6.07 Å². The molecule has 0 fully saturated rings. The predicted octanol–water partition coefficient (Wildman–Crippen LogP) is 3.73. The fourth-order valence-corrected chi connectivity index (χ4v) is 1.46. The number of hydrogen-bond acceptors (Lipinski definition) is 1. The molecule has 15 heavy (non-hydrogen) atoms. The van der Waals surface area contributed by atoms with Crippen molar-refractivity contribution in [1.82, 2.24) is 0 Å². The molecular weight excluding hydrogens is 259 g/mol. The van der Waals surface area contributed by atoms with Crippen LogP contribution in [0.4, 0.5) is 17.6 Å². The van der Waals surface area contributed by atoms with Gasteiger partial charge in [0.15, 0.2) is 6.10 Å². The van der Waals surface area contributed by atoms with Crippen molar-refractivity contribution in [2.75, 3.05) is 0 Å². The molecule has 0 spiro atoms. The average Bonchev–Trinajstić information content (AvgIpc) is 2.08. The standard InChI is InChI=1S/C8H4Cl2F4O/c9-3-1-4(6(11)5(10)2-3)7(15)8(12,13)14/h1-2,7,15H. The molecule has 84 valence electrons. The SMILES string of the molecule is OC(c1cc(Cl)cc(Cl)c1F)C(F)(F)F. The number of aliphatic hydroxyl groups is 1. The third kappa shape index (κ3) is 2.74. The number of benzene rings is 1. The highest BCUT2D eigenvalue weighted by Crippen LogP contribution is 2.36. The second kappa shape index (κ2) is 4.15. The van der Waals surface area contributed by atoms with Crippen LogP contribution in [0.3, 0.4) is 0 Å². The van der Waals surface area contributed by atoms with Gasteiger partial charge in [0.05, 0.1) is 5.02 Å². The summed E-state index contributed by atoms with van der Waals surface area (Å²) in [4.78, 5) is 0. The first kappa shape index (κ1) is 12.5. The molecule has 0 aliphatic heterocycles. The van der Waals surface area contributed by atoms with Crippen LogP contribution in [0, 0.1) is 5.82 Å². The molecular formula is C8H4Cl2F4O. The van der Waals surface area contributed by atoms with E-state index in [4.69, 9.17) is 28.3 Å². The highest BCUT2D eigenvalue weighted by atomic mass is 35.5. The predicted molar refractivity (Wildman–Crippen MR) is 47.4 cm³/mol. The van der Waals surface area contributed by atoms with E-state index in [0.717, 1.165) is 6.07 Å². The summed E-state index contributed by atoms with van der Waals surface area (Å²) >= 11 is 10.7. The van der Waals surface area contributed by atoms with E-state index in [1.807, 2.05) is 0 Å². The van der Waals surface area contributed by atoms with Gasteiger partial charge in [-0.1, -0.05) is 23.2 Å². The second-order valence-electron chi connectivity index (χ2n) is 2.73. The molecule has 0 radical (unpaired) electrons. The van der Waals surface area contributed by atoms with Gasteiger partial charge in [-0.15, -0.1) is 0 Å². The fraction of sp³-hybridized carbons (Fsp3) is 0.250. The Labute approximate surface area is 92.2 Å². The first-order valence-electron chi connectivity index (χ1n) is 3.62. The van der Waals surface area contributed by atoms with Gasteiger partial charge < -0.3 is 5.11 Å². The van der Waals surface area contributed by atoms with Crippen LogP contribution in [0.2, 0.25) is 10.0 Å². The molecule has 1 N–H and O–H groups in total. The summed E-state index contributed by atoms with van der Waals surface area (Å²) in [5.74, 6) is -1.33. The van der Waals surface area contributed by atoms with Gasteiger partial charge in [0, 0.05) is 10.6 Å². The zero-order valence-electron chi connectivity index (χ0n) is 6.95. The van der Waals surface area contributed by atoms with Crippen molar-refractivity contribution in [1.29, 1.82) is 0 Å². The van der Waals surface area contributed by atoms with Crippen LogP contribution in [-0.4, -0.2) is 11.3 Å². The van der Waals surface area contributed by atoms with Crippen LogP contribution >= 0.6 is 23.2 Å². The van der Waals surface area contributed by atoms with E-state index < -0.39 is 28.7 Å². The molecule has 1 aromatic rings. The van der Waals surface area contributed by atoms with Crippen molar-refractivity contribution in [2.45, 2.75) is 12.3 Å². The van der Waals surface area contributed by atoms with E-state index in [-0.39, 0.29) is 5.02 Å². The molecule has 0 aromatic heterocycles. The van der Waals surface area contributed by atoms with Crippen LogP contribution in [0.1, 0.15) is 11.7 Å². The lowest BCUT2D eigenvalue weighted by Crippen LogP contribution is -2.21. The minimum atomic E-state index is -4.96. The van der Waals surface area contributed by atoms with E-state index in [2.05, 4.69) is 0 Å². The molecule has 7 heteroatoms. The third-order valence-corrected chi connectivity index (χ3v) is 2.12. The average molecular weight is 263 g/mol. The van der Waals surface area contributed by atoms with Crippen molar-refractivity contribution in [3.63, 3.8) is 0 Å². The Bertz CT molecular complexity index is 378. The highest BCUT2D eigenvalue weighted by molar-refractivity contribution is 6.34. The van der Waals surface area contributed by atoms with Crippen molar-refractivity contribution in [2.24, 2.45) is 0 Å². The van der Waals surface area contributed by atoms with E-state index >= 15 is 0 Å². The van der Waals surface area contributed by atoms with Crippen LogP contribution in [0.15, 0.2) is 12.1 Å². The Hall–Kier alpha value is -0.520. The first-order chi connectivity index (χ1) is 6.73. The number of rotatable bonds is 1. The molecule has 1 nitrogen and oxygen atoms in total. The van der Waals surface area contributed by atoms with Crippen LogP contribution in [0.25, 0.3) is 0 Å². The van der Waals surface area contributed by atoms with Crippen molar-refractivity contribution in [3.05, 3.63) is 33.6 Å². The molecule has 1 atom stereocenters. The van der Waals surface area contributed by atoms with E-state index in [1.165, 1.54) is 0 Å². The largest absolute Gasteiger partial charge is 0.418 e. The van der Waals surface area contributed by atoms with Gasteiger partial charge >= 0.3 is 6.18 Å². The van der Waals surface area contributed by atoms with E-state index in [1.54, 1.807) is 0 Å². The molecule has 1 aromatic carbocycles. The Morgan fingerprint density at radius 2 is 1.73 bits per heavy atom. The normalized spacial score (nSPS) is 14.1. The lowest BCUT2D eigenvalue weighted by molar-refractivity contribution is -0.207. The number of alkyl halides is 3. The summed E-state index contributed by atoms with van der Waals surface area (Å²) in [5.41, 5.74) is -0.986. The Kier molecular flexibility index (Phi) is 3.48. The lowest BCUT2D eigenvalue weighted by Gasteiger charge is -2.16. The van der Waals surface area contributed by atoms with Gasteiger partial charge in [-0.25, -0.2) is 4.39 Å². The van der Waals surface area contributed by atoms with Gasteiger partial charge in [0.2, 0.25) is 0 Å². The minimum Gasteiger partial charge on any atom is -0.379 e. The molecule has 0 aliphatic rings. The molecule has 1 rings (SSSR count). The maximum atomic E-state index is 13.1. The summed E-state index contributed by atoms with van der Waals surface area (Å²) in [6.45, 7) is 0. The maximum Gasteiger partial charge on any atom is 0.418 e. The zero-order valence-corrected chi connectivity index (χ0v) is 8.46.